The van der Waals surface area contributed by atoms with Gasteiger partial charge in [0.25, 0.3) is 0 Å². The third-order valence-corrected chi connectivity index (χ3v) is 17.1. The molecule has 0 amide bonds. The number of phosphoric acid groups is 2. The predicted octanol–water partition coefficient (Wildman–Crippen LogP) is 17.3. The zero-order valence-corrected chi connectivity index (χ0v) is 54.6. The molecule has 0 aliphatic heterocycles. The van der Waals surface area contributed by atoms with Crippen LogP contribution in [0.4, 0.5) is 0 Å². The Balaban J connectivity index is 5.19. The molecule has 0 heterocycles. The van der Waals surface area contributed by atoms with Crippen molar-refractivity contribution >= 4 is 39.5 Å². The van der Waals surface area contributed by atoms with E-state index in [2.05, 4.69) is 41.5 Å². The van der Waals surface area contributed by atoms with Crippen LogP contribution in [0.25, 0.3) is 0 Å². The standard InChI is InChI=1S/C63H122O17P2/c1-7-11-13-15-16-17-18-19-20-24-27-34-40-46-61(66)74-52-59(79-62(67)47-41-35-28-25-22-21-23-26-32-37-43-55(5)9-3)54-78-82(71,72)76-50-57(64)49-75-81(69,70)77-53-58(51-73-60(65)45-39-31-14-12-8-2)80-63(68)48-42-36-30-29-33-38-44-56(6)10-4/h55-59,64H,7-54H2,1-6H3,(H,69,70)(H,71,72)/t55?,56?,57-,58+,59+/m0/s1. The number of ether oxygens (including phenoxy) is 4. The van der Waals surface area contributed by atoms with Gasteiger partial charge in [-0.25, -0.2) is 9.13 Å². The van der Waals surface area contributed by atoms with Crippen LogP contribution in [0.5, 0.6) is 0 Å². The Bertz CT molecular complexity index is 1620. The van der Waals surface area contributed by atoms with Crippen LogP contribution in [-0.4, -0.2) is 96.7 Å². The molecule has 0 fully saturated rings. The summed E-state index contributed by atoms with van der Waals surface area (Å²) >= 11 is 0. The van der Waals surface area contributed by atoms with Crippen LogP contribution in [0, 0.1) is 11.8 Å². The van der Waals surface area contributed by atoms with Crippen molar-refractivity contribution in [2.75, 3.05) is 39.6 Å². The Labute approximate surface area is 498 Å². The lowest BCUT2D eigenvalue weighted by molar-refractivity contribution is -0.161. The smallest absolute Gasteiger partial charge is 0.462 e. The lowest BCUT2D eigenvalue weighted by Gasteiger charge is -2.21. The lowest BCUT2D eigenvalue weighted by atomic mass is 9.99. The second-order valence-corrected chi connectivity index (χ2v) is 26.2. The molecule has 0 aliphatic carbocycles. The first-order chi connectivity index (χ1) is 39.4. The van der Waals surface area contributed by atoms with Gasteiger partial charge in [0.1, 0.15) is 19.3 Å². The van der Waals surface area contributed by atoms with Gasteiger partial charge >= 0.3 is 39.5 Å². The van der Waals surface area contributed by atoms with Gasteiger partial charge in [0, 0.05) is 25.7 Å². The molecule has 0 spiro atoms. The van der Waals surface area contributed by atoms with Crippen LogP contribution >= 0.6 is 15.6 Å². The second kappa shape index (κ2) is 55.6. The van der Waals surface area contributed by atoms with Crippen molar-refractivity contribution in [3.8, 4) is 0 Å². The summed E-state index contributed by atoms with van der Waals surface area (Å²) in [4.78, 5) is 71.9. The van der Waals surface area contributed by atoms with Gasteiger partial charge in [0.2, 0.25) is 0 Å². The molecule has 3 N–H and O–H groups in total. The Morgan fingerprint density at radius 3 is 0.866 bits per heavy atom. The molecule has 17 nitrogen and oxygen atoms in total. The van der Waals surface area contributed by atoms with Crippen molar-refractivity contribution in [2.24, 2.45) is 11.8 Å². The summed E-state index contributed by atoms with van der Waals surface area (Å²) < 4.78 is 67.8. The molecule has 0 aliphatic rings. The van der Waals surface area contributed by atoms with Gasteiger partial charge in [0.05, 0.1) is 26.4 Å². The molecule has 0 aromatic carbocycles. The fraction of sp³-hybridized carbons (Fsp3) is 0.937. The van der Waals surface area contributed by atoms with E-state index in [1.54, 1.807) is 0 Å². The van der Waals surface area contributed by atoms with E-state index in [9.17, 15) is 43.2 Å². The molecule has 0 aromatic rings. The third kappa shape index (κ3) is 54.7. The molecule has 4 unspecified atom stereocenters. The second-order valence-electron chi connectivity index (χ2n) is 23.3. The highest BCUT2D eigenvalue weighted by atomic mass is 31.2. The Kier molecular flexibility index (Phi) is 54.3. The van der Waals surface area contributed by atoms with E-state index in [0.717, 1.165) is 108 Å². The quantitative estimate of drug-likeness (QED) is 0.0222. The molecule has 7 atom stereocenters. The number of aliphatic hydroxyl groups is 1. The fourth-order valence-corrected chi connectivity index (χ4v) is 10.9. The van der Waals surface area contributed by atoms with Gasteiger partial charge in [-0.3, -0.25) is 37.3 Å². The number of carbonyl (C=O) groups excluding carboxylic acids is 4. The van der Waals surface area contributed by atoms with Gasteiger partial charge in [-0.2, -0.15) is 0 Å². The average molecular weight is 1210 g/mol. The number of aliphatic hydroxyl groups excluding tert-OH is 1. The zero-order valence-electron chi connectivity index (χ0n) is 52.8. The van der Waals surface area contributed by atoms with E-state index in [4.69, 9.17) is 37.0 Å². The molecule has 0 bridgehead atoms. The molecular formula is C63H122O17P2. The molecule has 0 saturated heterocycles. The Morgan fingerprint density at radius 1 is 0.341 bits per heavy atom. The van der Waals surface area contributed by atoms with Crippen molar-refractivity contribution in [1.82, 2.24) is 0 Å². The van der Waals surface area contributed by atoms with Crippen LogP contribution in [-0.2, 0) is 65.4 Å². The number of esters is 4. The maximum Gasteiger partial charge on any atom is 0.472 e. The van der Waals surface area contributed by atoms with Crippen molar-refractivity contribution in [3.63, 3.8) is 0 Å². The summed E-state index contributed by atoms with van der Waals surface area (Å²) in [6.45, 7) is 9.38. The van der Waals surface area contributed by atoms with Crippen molar-refractivity contribution < 1.29 is 80.2 Å². The van der Waals surface area contributed by atoms with Gasteiger partial charge < -0.3 is 33.8 Å². The number of hydrogen-bond acceptors (Lipinski definition) is 15. The summed E-state index contributed by atoms with van der Waals surface area (Å²) in [6, 6.07) is 0. The van der Waals surface area contributed by atoms with E-state index in [-0.39, 0.29) is 25.7 Å². The number of hydrogen-bond donors (Lipinski definition) is 3. The monoisotopic (exact) mass is 1210 g/mol. The molecular weight excluding hydrogens is 1090 g/mol. The van der Waals surface area contributed by atoms with Gasteiger partial charge in [-0.05, 0) is 37.5 Å². The van der Waals surface area contributed by atoms with E-state index in [1.165, 1.54) is 122 Å². The van der Waals surface area contributed by atoms with Crippen LogP contribution in [0.1, 0.15) is 311 Å². The van der Waals surface area contributed by atoms with Crippen LogP contribution in [0.15, 0.2) is 0 Å². The number of unbranched alkanes of at least 4 members (excludes halogenated alkanes) is 30. The van der Waals surface area contributed by atoms with Crippen LogP contribution in [0.2, 0.25) is 0 Å². The summed E-state index contributed by atoms with van der Waals surface area (Å²) in [7, 11) is -9.88. The Morgan fingerprint density at radius 2 is 0.585 bits per heavy atom. The summed E-state index contributed by atoms with van der Waals surface area (Å²) in [5.41, 5.74) is 0. The maximum absolute atomic E-state index is 13.0. The number of rotatable bonds is 62. The Hall–Kier alpha value is -1.94. The fourth-order valence-electron chi connectivity index (χ4n) is 9.29. The van der Waals surface area contributed by atoms with Crippen molar-refractivity contribution in [2.45, 2.75) is 330 Å². The number of carbonyl (C=O) groups is 4. The highest BCUT2D eigenvalue weighted by Crippen LogP contribution is 2.45. The summed E-state index contributed by atoms with van der Waals surface area (Å²) in [5.74, 6) is -0.623. The molecule has 486 valence electrons. The topological polar surface area (TPSA) is 237 Å². The van der Waals surface area contributed by atoms with E-state index >= 15 is 0 Å². The SMILES string of the molecule is CCCCCCCCCCCCCCCC(=O)OC[C@H](COP(=O)(O)OC[C@@H](O)COP(=O)(O)OC[C@@H](COC(=O)CCCCCCC)OC(=O)CCCCCCCCC(C)CC)OC(=O)CCCCCCCCCCCCC(C)CC. The minimum absolute atomic E-state index is 0.102. The lowest BCUT2D eigenvalue weighted by Crippen LogP contribution is -2.30. The number of phosphoric ester groups is 2. The minimum Gasteiger partial charge on any atom is -0.462 e. The van der Waals surface area contributed by atoms with E-state index in [1.807, 2.05) is 0 Å². The molecule has 82 heavy (non-hydrogen) atoms. The van der Waals surface area contributed by atoms with Gasteiger partial charge in [-0.15, -0.1) is 0 Å². The molecule has 0 aromatic heterocycles. The van der Waals surface area contributed by atoms with Crippen LogP contribution < -0.4 is 0 Å². The minimum atomic E-state index is -4.94. The predicted molar refractivity (Wildman–Crippen MR) is 326 cm³/mol. The van der Waals surface area contributed by atoms with Gasteiger partial charge in [-0.1, -0.05) is 260 Å². The third-order valence-electron chi connectivity index (χ3n) is 15.2. The average Bonchev–Trinajstić information content (AvgIpc) is 3.45. The highest BCUT2D eigenvalue weighted by molar-refractivity contribution is 7.47. The first-order valence-electron chi connectivity index (χ1n) is 33.1. The van der Waals surface area contributed by atoms with Gasteiger partial charge in [0.15, 0.2) is 12.2 Å². The summed E-state index contributed by atoms with van der Waals surface area (Å²) in [5, 5.41) is 10.5. The molecule has 0 saturated carbocycles. The molecule has 0 rings (SSSR count). The van der Waals surface area contributed by atoms with Crippen LogP contribution in [0.3, 0.4) is 0 Å². The van der Waals surface area contributed by atoms with E-state index < -0.39 is 97.5 Å². The highest BCUT2D eigenvalue weighted by Gasteiger charge is 2.30. The first-order valence-corrected chi connectivity index (χ1v) is 36.1. The molecule has 19 heteroatoms. The maximum atomic E-state index is 13.0. The largest absolute Gasteiger partial charge is 0.472 e. The summed E-state index contributed by atoms with van der Waals surface area (Å²) in [6.07, 6.45) is 37.8. The first kappa shape index (κ1) is 80.1. The normalized spacial score (nSPS) is 15.0. The van der Waals surface area contributed by atoms with Crippen molar-refractivity contribution in [1.29, 1.82) is 0 Å². The van der Waals surface area contributed by atoms with E-state index in [0.29, 0.717) is 25.7 Å². The zero-order chi connectivity index (χ0) is 60.8. The van der Waals surface area contributed by atoms with Crippen molar-refractivity contribution in [3.05, 3.63) is 0 Å². The molecule has 0 radical (unpaired) electrons.